The van der Waals surface area contributed by atoms with Crippen LogP contribution in [0.1, 0.15) is 13.8 Å². The molecule has 15 heavy (non-hydrogen) atoms. The number of nitrogens with zero attached hydrogens (tertiary/aromatic N) is 2. The van der Waals surface area contributed by atoms with Crippen molar-refractivity contribution >= 4 is 27.3 Å². The number of nitrogens with one attached hydrogen (secondary N) is 1. The summed E-state index contributed by atoms with van der Waals surface area (Å²) in [4.78, 5) is 6.31. The Morgan fingerprint density at radius 1 is 1.67 bits per heavy atom. The van der Waals surface area contributed by atoms with E-state index in [-0.39, 0.29) is 12.8 Å². The fraction of sp³-hybridized carbons (Fsp3) is 0.500. The van der Waals surface area contributed by atoms with Crippen molar-refractivity contribution in [2.45, 2.75) is 26.1 Å². The first-order valence-corrected chi connectivity index (χ1v) is 5.74. The zero-order valence-electron chi connectivity index (χ0n) is 8.74. The Hall–Kier alpha value is -0.810. The monoisotopic (exact) mass is 271 g/mol. The summed E-state index contributed by atoms with van der Waals surface area (Å²) in [5.74, 6) is 0. The van der Waals surface area contributed by atoms with E-state index in [1.807, 2.05) is 6.07 Å². The van der Waals surface area contributed by atoms with Crippen molar-refractivity contribution in [3.05, 3.63) is 16.9 Å². The van der Waals surface area contributed by atoms with Crippen molar-refractivity contribution in [3.63, 3.8) is 0 Å². The topological polar surface area (TPSA) is 48.4 Å². The van der Waals surface area contributed by atoms with E-state index in [2.05, 4.69) is 45.0 Å². The van der Waals surface area contributed by atoms with Crippen molar-refractivity contribution in [2.24, 2.45) is 0 Å². The Labute approximate surface area is 97.4 Å². The second-order valence-electron chi connectivity index (χ2n) is 3.87. The lowest BCUT2D eigenvalue weighted by atomic mass is 10.2. The summed E-state index contributed by atoms with van der Waals surface area (Å²) < 4.78 is 0.812. The quantitative estimate of drug-likeness (QED) is 0.806. The molecular formula is C10H14BrN3O. The molecule has 1 unspecified atom stereocenters. The van der Waals surface area contributed by atoms with Crippen molar-refractivity contribution in [3.8, 4) is 0 Å². The number of pyridine rings is 1. The highest BCUT2D eigenvalue weighted by Crippen LogP contribution is 2.36. The van der Waals surface area contributed by atoms with Gasteiger partial charge in [-0.25, -0.2) is 4.98 Å². The highest BCUT2D eigenvalue weighted by molar-refractivity contribution is 9.10. The highest BCUT2D eigenvalue weighted by Gasteiger charge is 2.30. The van der Waals surface area contributed by atoms with Gasteiger partial charge in [0.2, 0.25) is 0 Å². The molecule has 5 heteroatoms. The summed E-state index contributed by atoms with van der Waals surface area (Å²) in [6.07, 6.45) is 1.74. The van der Waals surface area contributed by atoms with Gasteiger partial charge in [0.1, 0.15) is 10.8 Å². The molecule has 1 aliphatic rings. The minimum absolute atomic E-state index is 0.0453. The maximum atomic E-state index is 9.29. The van der Waals surface area contributed by atoms with Gasteiger partial charge in [0, 0.05) is 6.04 Å². The second kappa shape index (κ2) is 3.98. The van der Waals surface area contributed by atoms with E-state index in [1.165, 1.54) is 0 Å². The zero-order chi connectivity index (χ0) is 11.0. The third-order valence-corrected chi connectivity index (χ3v) is 2.95. The molecule has 1 aliphatic heterocycles. The van der Waals surface area contributed by atoms with Crippen molar-refractivity contribution in [1.29, 1.82) is 0 Å². The van der Waals surface area contributed by atoms with Crippen LogP contribution in [0.15, 0.2) is 16.9 Å². The van der Waals surface area contributed by atoms with Gasteiger partial charge >= 0.3 is 0 Å². The summed E-state index contributed by atoms with van der Waals surface area (Å²) in [5, 5.41) is 12.5. The molecule has 82 valence electrons. The predicted molar refractivity (Wildman–Crippen MR) is 64.0 cm³/mol. The van der Waals surface area contributed by atoms with Crippen LogP contribution in [0.2, 0.25) is 0 Å². The van der Waals surface area contributed by atoms with Gasteiger partial charge in [-0.1, -0.05) is 0 Å². The van der Waals surface area contributed by atoms with Crippen LogP contribution in [0.4, 0.5) is 11.4 Å². The van der Waals surface area contributed by atoms with Crippen molar-refractivity contribution in [1.82, 2.24) is 4.98 Å². The molecule has 1 aromatic heterocycles. The van der Waals surface area contributed by atoms with E-state index < -0.39 is 0 Å². The molecule has 0 radical (unpaired) electrons. The van der Waals surface area contributed by atoms with Crippen LogP contribution in [-0.2, 0) is 0 Å². The molecule has 0 amide bonds. The Balaban J connectivity index is 2.41. The van der Waals surface area contributed by atoms with E-state index >= 15 is 0 Å². The number of anilines is 2. The zero-order valence-corrected chi connectivity index (χ0v) is 10.3. The van der Waals surface area contributed by atoms with Crippen LogP contribution in [0.25, 0.3) is 0 Å². The third-order valence-electron chi connectivity index (χ3n) is 2.51. The Morgan fingerprint density at radius 3 is 3.00 bits per heavy atom. The molecule has 0 bridgehead atoms. The molecule has 2 N–H and O–H groups in total. The van der Waals surface area contributed by atoms with Crippen LogP contribution in [-0.4, -0.2) is 28.9 Å². The molecule has 1 atom stereocenters. The SMILES string of the molecule is CC(C)N1c2cc(Br)ncc2NC1CO. The van der Waals surface area contributed by atoms with Gasteiger partial charge < -0.3 is 15.3 Å². The standard InChI is InChI=1S/C10H14BrN3O/c1-6(2)14-8-3-9(11)12-4-7(8)13-10(14)5-15/h3-4,6,10,13,15H,5H2,1-2H3. The fourth-order valence-electron chi connectivity index (χ4n) is 1.93. The van der Waals surface area contributed by atoms with Gasteiger partial charge in [-0.2, -0.15) is 0 Å². The van der Waals surface area contributed by atoms with E-state index in [4.69, 9.17) is 0 Å². The molecule has 0 aliphatic carbocycles. The highest BCUT2D eigenvalue weighted by atomic mass is 79.9. The molecule has 4 nitrogen and oxygen atoms in total. The second-order valence-corrected chi connectivity index (χ2v) is 4.68. The molecule has 0 aromatic carbocycles. The summed E-state index contributed by atoms with van der Waals surface area (Å²) >= 11 is 3.36. The molecule has 0 fully saturated rings. The third kappa shape index (κ3) is 1.81. The maximum Gasteiger partial charge on any atom is 0.123 e. The number of fused-ring (bicyclic) bond motifs is 1. The van der Waals surface area contributed by atoms with Crippen LogP contribution in [0.3, 0.4) is 0 Å². The number of hydrogen-bond acceptors (Lipinski definition) is 4. The summed E-state index contributed by atoms with van der Waals surface area (Å²) in [5.41, 5.74) is 2.07. The average Bonchev–Trinajstić information content (AvgIpc) is 2.55. The van der Waals surface area contributed by atoms with Crippen LogP contribution in [0, 0.1) is 0 Å². The number of hydrogen-bond donors (Lipinski definition) is 2. The molecule has 2 heterocycles. The fourth-order valence-corrected chi connectivity index (χ4v) is 2.25. The van der Waals surface area contributed by atoms with Crippen LogP contribution in [0.5, 0.6) is 0 Å². The first-order chi connectivity index (χ1) is 7.13. The molecule has 2 rings (SSSR count). The molecule has 0 saturated heterocycles. The number of aromatic nitrogens is 1. The lowest BCUT2D eigenvalue weighted by Crippen LogP contribution is -2.42. The van der Waals surface area contributed by atoms with E-state index in [0.717, 1.165) is 16.0 Å². The molecule has 0 saturated carbocycles. The first kappa shape index (κ1) is 10.7. The summed E-state index contributed by atoms with van der Waals surface area (Å²) in [7, 11) is 0. The smallest absolute Gasteiger partial charge is 0.123 e. The van der Waals surface area contributed by atoms with E-state index in [9.17, 15) is 5.11 Å². The van der Waals surface area contributed by atoms with E-state index in [1.54, 1.807) is 6.20 Å². The molecule has 0 spiro atoms. The Bertz CT molecular complexity index is 370. The molecule has 1 aromatic rings. The Morgan fingerprint density at radius 2 is 2.40 bits per heavy atom. The van der Waals surface area contributed by atoms with E-state index in [0.29, 0.717) is 6.04 Å². The predicted octanol–water partition coefficient (Wildman–Crippen LogP) is 1.80. The van der Waals surface area contributed by atoms with Crippen LogP contribution >= 0.6 is 15.9 Å². The van der Waals surface area contributed by atoms with Gasteiger partial charge in [0.25, 0.3) is 0 Å². The van der Waals surface area contributed by atoms with Gasteiger partial charge in [-0.15, -0.1) is 0 Å². The van der Waals surface area contributed by atoms with Gasteiger partial charge in [-0.3, -0.25) is 0 Å². The summed E-state index contributed by atoms with van der Waals surface area (Å²) in [6, 6.07) is 2.31. The van der Waals surface area contributed by atoms with Crippen LogP contribution < -0.4 is 10.2 Å². The number of halogens is 1. The molecular weight excluding hydrogens is 258 g/mol. The van der Waals surface area contributed by atoms with Crippen molar-refractivity contribution in [2.75, 3.05) is 16.8 Å². The Kier molecular flexibility index (Phi) is 2.84. The lowest BCUT2D eigenvalue weighted by Gasteiger charge is -2.29. The van der Waals surface area contributed by atoms with Gasteiger partial charge in [0.15, 0.2) is 0 Å². The number of rotatable bonds is 2. The van der Waals surface area contributed by atoms with Crippen molar-refractivity contribution < 1.29 is 5.11 Å². The largest absolute Gasteiger partial charge is 0.392 e. The minimum atomic E-state index is -0.0453. The average molecular weight is 272 g/mol. The normalized spacial score (nSPS) is 19.3. The summed E-state index contributed by atoms with van der Waals surface area (Å²) in [6.45, 7) is 4.30. The number of aliphatic hydroxyl groups is 1. The lowest BCUT2D eigenvalue weighted by molar-refractivity contribution is 0.269. The maximum absolute atomic E-state index is 9.29. The first-order valence-electron chi connectivity index (χ1n) is 4.94. The van der Waals surface area contributed by atoms with Gasteiger partial charge in [0.05, 0.1) is 24.2 Å². The minimum Gasteiger partial charge on any atom is -0.392 e. The van der Waals surface area contributed by atoms with Gasteiger partial charge in [-0.05, 0) is 35.8 Å². The number of aliphatic hydroxyl groups excluding tert-OH is 1.